The van der Waals surface area contributed by atoms with Gasteiger partial charge in [0.25, 0.3) is 0 Å². The number of rotatable bonds is 3. The lowest BCUT2D eigenvalue weighted by Gasteiger charge is -2.00. The Morgan fingerprint density at radius 2 is 2.45 bits per heavy atom. The minimum absolute atomic E-state index is 0.0532. The predicted octanol–water partition coefficient (Wildman–Crippen LogP) is 0.377. The fourth-order valence-electron chi connectivity index (χ4n) is 0.475. The first-order valence-electron chi connectivity index (χ1n) is 3.01. The van der Waals surface area contributed by atoms with E-state index in [1.54, 1.807) is 6.92 Å². The summed E-state index contributed by atoms with van der Waals surface area (Å²) >= 11 is 0. The molecule has 0 aromatic rings. The van der Waals surface area contributed by atoms with Crippen LogP contribution in [0.1, 0.15) is 13.3 Å². The third-order valence-electron chi connectivity index (χ3n) is 0.788. The molecule has 5 nitrogen and oxygen atoms in total. The Balaban J connectivity index is 4.02. The summed E-state index contributed by atoms with van der Waals surface area (Å²) in [7, 11) is 0. The molecule has 0 radical (unpaired) electrons. The SMILES string of the molecule is CCOC(CC(=O)O)=NC#N. The normalized spacial score (nSPS) is 10.4. The van der Waals surface area contributed by atoms with Crippen LogP contribution in [0.3, 0.4) is 0 Å². The summed E-state index contributed by atoms with van der Waals surface area (Å²) in [5.41, 5.74) is 0. The van der Waals surface area contributed by atoms with Crippen molar-refractivity contribution in [3.63, 3.8) is 0 Å². The number of ether oxygens (including phenoxy) is 1. The van der Waals surface area contributed by atoms with Gasteiger partial charge in [-0.05, 0) is 6.92 Å². The molecule has 0 spiro atoms. The van der Waals surface area contributed by atoms with Gasteiger partial charge in [0.1, 0.15) is 6.42 Å². The Bertz CT molecular complexity index is 204. The van der Waals surface area contributed by atoms with Gasteiger partial charge in [-0.2, -0.15) is 5.26 Å². The maximum Gasteiger partial charge on any atom is 0.312 e. The molecule has 0 amide bonds. The minimum Gasteiger partial charge on any atom is -0.481 e. The van der Waals surface area contributed by atoms with Gasteiger partial charge in [-0.15, -0.1) is 4.99 Å². The second-order valence-corrected chi connectivity index (χ2v) is 1.61. The molecule has 0 saturated carbocycles. The van der Waals surface area contributed by atoms with Gasteiger partial charge >= 0.3 is 5.97 Å². The fourth-order valence-corrected chi connectivity index (χ4v) is 0.475. The van der Waals surface area contributed by atoms with Gasteiger partial charge in [0, 0.05) is 0 Å². The van der Waals surface area contributed by atoms with Crippen molar-refractivity contribution in [1.29, 1.82) is 5.26 Å². The second kappa shape index (κ2) is 5.23. The molecule has 0 aromatic heterocycles. The van der Waals surface area contributed by atoms with Gasteiger partial charge in [-0.25, -0.2) is 0 Å². The number of aliphatic imine (C=N–C) groups is 1. The molecule has 0 unspecified atom stereocenters. The van der Waals surface area contributed by atoms with E-state index in [0.29, 0.717) is 6.61 Å². The molecular formula is C6H8N2O3. The molecule has 5 heteroatoms. The molecule has 0 heterocycles. The molecule has 0 atom stereocenters. The molecule has 0 saturated heterocycles. The van der Waals surface area contributed by atoms with Gasteiger partial charge in [0.15, 0.2) is 0 Å². The molecule has 0 aromatic carbocycles. The van der Waals surface area contributed by atoms with E-state index in [9.17, 15) is 4.79 Å². The van der Waals surface area contributed by atoms with Gasteiger partial charge in [0.05, 0.1) is 6.61 Å². The van der Waals surface area contributed by atoms with Crippen molar-refractivity contribution >= 4 is 11.9 Å². The minimum atomic E-state index is -1.06. The molecule has 60 valence electrons. The highest BCUT2D eigenvalue weighted by molar-refractivity contribution is 5.93. The summed E-state index contributed by atoms with van der Waals surface area (Å²) in [4.78, 5) is 13.3. The Hall–Kier alpha value is -1.57. The first-order chi connectivity index (χ1) is 5.20. The number of carboxylic acids is 1. The van der Waals surface area contributed by atoms with E-state index in [0.717, 1.165) is 0 Å². The average Bonchev–Trinajstić information content (AvgIpc) is 1.87. The van der Waals surface area contributed by atoms with E-state index in [1.165, 1.54) is 6.19 Å². The van der Waals surface area contributed by atoms with Crippen LogP contribution in [0.15, 0.2) is 4.99 Å². The van der Waals surface area contributed by atoms with E-state index >= 15 is 0 Å². The Kier molecular flexibility index (Phi) is 4.49. The van der Waals surface area contributed by atoms with E-state index in [4.69, 9.17) is 15.1 Å². The maximum atomic E-state index is 10.1. The van der Waals surface area contributed by atoms with Crippen LogP contribution >= 0.6 is 0 Å². The van der Waals surface area contributed by atoms with Crippen LogP contribution < -0.4 is 0 Å². The van der Waals surface area contributed by atoms with Gasteiger partial charge < -0.3 is 9.84 Å². The number of hydrogen-bond donors (Lipinski definition) is 1. The van der Waals surface area contributed by atoms with Crippen LogP contribution in [-0.4, -0.2) is 23.6 Å². The molecule has 0 rings (SSSR count). The van der Waals surface area contributed by atoms with E-state index in [1.807, 2.05) is 0 Å². The smallest absolute Gasteiger partial charge is 0.312 e. The third-order valence-corrected chi connectivity index (χ3v) is 0.788. The Morgan fingerprint density at radius 1 is 1.82 bits per heavy atom. The zero-order valence-electron chi connectivity index (χ0n) is 6.07. The fraction of sp³-hybridized carbons (Fsp3) is 0.500. The second-order valence-electron chi connectivity index (χ2n) is 1.61. The standard InChI is InChI=1S/C6H8N2O3/c1-2-11-5(8-4-7)3-6(9)10/h2-3H2,1H3,(H,9,10). The molecule has 0 fully saturated rings. The van der Waals surface area contributed by atoms with E-state index < -0.39 is 5.97 Å². The lowest BCUT2D eigenvalue weighted by atomic mass is 10.4. The molecule has 0 bridgehead atoms. The van der Waals surface area contributed by atoms with Crippen molar-refractivity contribution in [3.05, 3.63) is 0 Å². The molecule has 11 heavy (non-hydrogen) atoms. The largest absolute Gasteiger partial charge is 0.481 e. The Morgan fingerprint density at radius 3 is 2.82 bits per heavy atom. The van der Waals surface area contributed by atoms with Crippen molar-refractivity contribution in [2.24, 2.45) is 4.99 Å². The summed E-state index contributed by atoms with van der Waals surface area (Å²) in [5.74, 6) is -1.12. The molecule has 0 aliphatic heterocycles. The third kappa shape index (κ3) is 4.90. The first kappa shape index (κ1) is 9.43. The molecular weight excluding hydrogens is 148 g/mol. The predicted molar refractivity (Wildman–Crippen MR) is 36.9 cm³/mol. The van der Waals surface area contributed by atoms with Gasteiger partial charge in [0.2, 0.25) is 12.1 Å². The van der Waals surface area contributed by atoms with E-state index in [-0.39, 0.29) is 12.3 Å². The highest BCUT2D eigenvalue weighted by atomic mass is 16.5. The summed E-state index contributed by atoms with van der Waals surface area (Å²) in [5, 5.41) is 16.3. The lowest BCUT2D eigenvalue weighted by molar-refractivity contribution is -0.135. The maximum absolute atomic E-state index is 10.1. The number of carbonyl (C=O) groups is 1. The highest BCUT2D eigenvalue weighted by Gasteiger charge is 2.05. The number of carboxylic acid groups (broad SMARTS) is 1. The van der Waals surface area contributed by atoms with E-state index in [2.05, 4.69) is 4.99 Å². The van der Waals surface area contributed by atoms with Crippen molar-refractivity contribution in [2.45, 2.75) is 13.3 Å². The summed E-state index contributed by atoms with van der Waals surface area (Å²) in [6, 6.07) is 0. The average molecular weight is 156 g/mol. The topological polar surface area (TPSA) is 82.7 Å². The lowest BCUT2D eigenvalue weighted by Crippen LogP contribution is -2.10. The zero-order valence-corrected chi connectivity index (χ0v) is 6.07. The number of nitriles is 1. The molecule has 1 N–H and O–H groups in total. The molecule has 0 aliphatic carbocycles. The van der Waals surface area contributed by atoms with Crippen molar-refractivity contribution < 1.29 is 14.6 Å². The summed E-state index contributed by atoms with van der Waals surface area (Å²) in [6.45, 7) is 2.00. The highest BCUT2D eigenvalue weighted by Crippen LogP contribution is 1.89. The van der Waals surface area contributed by atoms with Crippen LogP contribution in [0.5, 0.6) is 0 Å². The van der Waals surface area contributed by atoms with Crippen LogP contribution in [0.4, 0.5) is 0 Å². The first-order valence-corrected chi connectivity index (χ1v) is 3.01. The zero-order chi connectivity index (χ0) is 8.69. The van der Waals surface area contributed by atoms with Crippen LogP contribution in [0.2, 0.25) is 0 Å². The van der Waals surface area contributed by atoms with Crippen molar-refractivity contribution in [1.82, 2.24) is 0 Å². The Labute approximate surface area is 63.9 Å². The van der Waals surface area contributed by atoms with Crippen LogP contribution in [-0.2, 0) is 9.53 Å². The monoisotopic (exact) mass is 156 g/mol. The van der Waals surface area contributed by atoms with Crippen LogP contribution in [0, 0.1) is 11.5 Å². The molecule has 0 aliphatic rings. The number of nitrogens with zero attached hydrogens (tertiary/aromatic N) is 2. The van der Waals surface area contributed by atoms with Crippen molar-refractivity contribution in [3.8, 4) is 6.19 Å². The number of aliphatic carboxylic acids is 1. The van der Waals surface area contributed by atoms with Crippen molar-refractivity contribution in [2.75, 3.05) is 6.61 Å². The quantitative estimate of drug-likeness (QED) is 0.363. The van der Waals surface area contributed by atoms with Crippen LogP contribution in [0.25, 0.3) is 0 Å². The summed E-state index contributed by atoms with van der Waals surface area (Å²) in [6.07, 6.45) is 1.11. The van der Waals surface area contributed by atoms with Gasteiger partial charge in [-0.1, -0.05) is 0 Å². The summed E-state index contributed by atoms with van der Waals surface area (Å²) < 4.78 is 4.74. The number of hydrogen-bond acceptors (Lipinski definition) is 4. The van der Waals surface area contributed by atoms with Gasteiger partial charge in [-0.3, -0.25) is 4.79 Å².